The van der Waals surface area contributed by atoms with E-state index in [0.717, 1.165) is 16.7 Å². The summed E-state index contributed by atoms with van der Waals surface area (Å²) in [5.41, 5.74) is 4.17. The van der Waals surface area contributed by atoms with Crippen LogP contribution >= 0.6 is 0 Å². The van der Waals surface area contributed by atoms with Crippen LogP contribution < -0.4 is 5.32 Å². The molecule has 0 radical (unpaired) electrons. The minimum atomic E-state index is -0.562. The van der Waals surface area contributed by atoms with Crippen molar-refractivity contribution in [3.8, 4) is 22.5 Å². The SMILES string of the molecule is COC(=O)c1ccccc1C(=O)NCc1cc(-c2ccc(-c3ccccc3)cc2)on1. The molecule has 0 aliphatic heterocycles. The van der Waals surface area contributed by atoms with Crippen LogP contribution in [0.1, 0.15) is 26.4 Å². The van der Waals surface area contributed by atoms with Gasteiger partial charge in [-0.25, -0.2) is 4.79 Å². The van der Waals surface area contributed by atoms with Gasteiger partial charge in [-0.05, 0) is 23.3 Å². The molecule has 1 aromatic heterocycles. The summed E-state index contributed by atoms with van der Waals surface area (Å²) in [6.07, 6.45) is 0. The Morgan fingerprint density at radius 1 is 0.839 bits per heavy atom. The Morgan fingerprint density at radius 3 is 2.16 bits per heavy atom. The van der Waals surface area contributed by atoms with Crippen LogP contribution in [-0.2, 0) is 11.3 Å². The molecule has 1 N–H and O–H groups in total. The molecule has 1 amide bonds. The normalized spacial score (nSPS) is 10.5. The van der Waals surface area contributed by atoms with Crippen molar-refractivity contribution >= 4 is 11.9 Å². The molecule has 1 heterocycles. The molecule has 0 saturated heterocycles. The molecular formula is C25H20N2O4. The molecule has 0 saturated carbocycles. The summed E-state index contributed by atoms with van der Waals surface area (Å²) >= 11 is 0. The zero-order valence-corrected chi connectivity index (χ0v) is 16.9. The van der Waals surface area contributed by atoms with Crippen LogP contribution in [0.5, 0.6) is 0 Å². The first-order valence-corrected chi connectivity index (χ1v) is 9.72. The summed E-state index contributed by atoms with van der Waals surface area (Å²) in [4.78, 5) is 24.4. The number of nitrogens with one attached hydrogen (secondary N) is 1. The Kier molecular flexibility index (Phi) is 5.89. The van der Waals surface area contributed by atoms with Crippen LogP contribution in [0.4, 0.5) is 0 Å². The van der Waals surface area contributed by atoms with Crippen LogP contribution in [0, 0.1) is 0 Å². The average molecular weight is 412 g/mol. The lowest BCUT2D eigenvalue weighted by atomic mass is 10.0. The van der Waals surface area contributed by atoms with E-state index in [-0.39, 0.29) is 17.7 Å². The molecule has 6 heteroatoms. The van der Waals surface area contributed by atoms with Crippen molar-refractivity contribution in [2.45, 2.75) is 6.54 Å². The van der Waals surface area contributed by atoms with Gasteiger partial charge in [0.2, 0.25) is 0 Å². The number of rotatable bonds is 6. The van der Waals surface area contributed by atoms with E-state index < -0.39 is 11.9 Å². The third-order valence-corrected chi connectivity index (χ3v) is 4.84. The lowest BCUT2D eigenvalue weighted by Crippen LogP contribution is -2.25. The van der Waals surface area contributed by atoms with Crippen LogP contribution in [0.15, 0.2) is 89.5 Å². The quantitative estimate of drug-likeness (QED) is 0.463. The number of carbonyl (C=O) groups excluding carboxylic acids is 2. The molecule has 0 fully saturated rings. The van der Waals surface area contributed by atoms with Crippen molar-refractivity contribution in [2.24, 2.45) is 0 Å². The zero-order valence-electron chi connectivity index (χ0n) is 16.9. The van der Waals surface area contributed by atoms with E-state index in [4.69, 9.17) is 9.26 Å². The highest BCUT2D eigenvalue weighted by Crippen LogP contribution is 2.25. The number of hydrogen-bond donors (Lipinski definition) is 1. The van der Waals surface area contributed by atoms with Crippen LogP contribution in [0.25, 0.3) is 22.5 Å². The molecule has 0 aliphatic carbocycles. The fourth-order valence-electron chi connectivity index (χ4n) is 3.22. The second kappa shape index (κ2) is 9.09. The van der Waals surface area contributed by atoms with Gasteiger partial charge in [0.05, 0.1) is 24.8 Å². The van der Waals surface area contributed by atoms with Crippen LogP contribution in [0.2, 0.25) is 0 Å². The number of methoxy groups -OCH3 is 1. The van der Waals surface area contributed by atoms with E-state index in [0.29, 0.717) is 11.5 Å². The first-order chi connectivity index (χ1) is 15.2. The molecule has 3 aromatic carbocycles. The van der Waals surface area contributed by atoms with E-state index >= 15 is 0 Å². The Labute approximate surface area is 179 Å². The van der Waals surface area contributed by atoms with Gasteiger partial charge in [0, 0.05) is 11.6 Å². The third kappa shape index (κ3) is 4.53. The molecule has 6 nitrogen and oxygen atoms in total. The number of nitrogens with zero attached hydrogens (tertiary/aromatic N) is 1. The first-order valence-electron chi connectivity index (χ1n) is 9.72. The smallest absolute Gasteiger partial charge is 0.338 e. The molecule has 31 heavy (non-hydrogen) atoms. The number of aromatic nitrogens is 1. The van der Waals surface area contributed by atoms with Gasteiger partial charge in [0.25, 0.3) is 5.91 Å². The summed E-state index contributed by atoms with van der Waals surface area (Å²) in [7, 11) is 1.28. The molecule has 154 valence electrons. The summed E-state index contributed by atoms with van der Waals surface area (Å²) in [6, 6.07) is 26.4. The van der Waals surface area contributed by atoms with E-state index in [2.05, 4.69) is 22.6 Å². The van der Waals surface area contributed by atoms with E-state index in [1.807, 2.05) is 42.5 Å². The number of hydrogen-bond acceptors (Lipinski definition) is 5. The molecule has 0 bridgehead atoms. The lowest BCUT2D eigenvalue weighted by molar-refractivity contribution is 0.0596. The van der Waals surface area contributed by atoms with Crippen LogP contribution in [-0.4, -0.2) is 24.1 Å². The van der Waals surface area contributed by atoms with Gasteiger partial charge in [-0.1, -0.05) is 71.9 Å². The van der Waals surface area contributed by atoms with Gasteiger partial charge < -0.3 is 14.6 Å². The fraction of sp³-hybridized carbons (Fsp3) is 0.0800. The molecule has 0 aliphatic rings. The van der Waals surface area contributed by atoms with E-state index in [1.54, 1.807) is 30.3 Å². The van der Waals surface area contributed by atoms with Crippen molar-refractivity contribution in [1.29, 1.82) is 0 Å². The standard InChI is InChI=1S/C25H20N2O4/c1-30-25(29)22-10-6-5-9-21(22)24(28)26-16-20-15-23(31-27-20)19-13-11-18(12-14-19)17-7-3-2-4-8-17/h2-15H,16H2,1H3,(H,26,28). The zero-order chi connectivity index (χ0) is 21.6. The topological polar surface area (TPSA) is 81.4 Å². The lowest BCUT2D eigenvalue weighted by Gasteiger charge is -2.07. The minimum Gasteiger partial charge on any atom is -0.465 e. The number of carbonyl (C=O) groups is 2. The first kappa shape index (κ1) is 20.1. The van der Waals surface area contributed by atoms with Gasteiger partial charge in [-0.15, -0.1) is 0 Å². The summed E-state index contributed by atoms with van der Waals surface area (Å²) in [6.45, 7) is 0.167. The summed E-state index contributed by atoms with van der Waals surface area (Å²) in [5, 5.41) is 6.79. The summed E-state index contributed by atoms with van der Waals surface area (Å²) in [5.74, 6) is -0.343. The van der Waals surface area contributed by atoms with Crippen LogP contribution in [0.3, 0.4) is 0 Å². The third-order valence-electron chi connectivity index (χ3n) is 4.84. The fourth-order valence-corrected chi connectivity index (χ4v) is 3.22. The maximum atomic E-state index is 12.5. The highest BCUT2D eigenvalue weighted by atomic mass is 16.5. The molecule has 0 spiro atoms. The minimum absolute atomic E-state index is 0.167. The number of benzene rings is 3. The van der Waals surface area contributed by atoms with E-state index in [9.17, 15) is 9.59 Å². The Bertz CT molecular complexity index is 1200. The second-order valence-corrected chi connectivity index (χ2v) is 6.85. The number of ether oxygens (including phenoxy) is 1. The van der Waals surface area contributed by atoms with Gasteiger partial charge >= 0.3 is 5.97 Å². The largest absolute Gasteiger partial charge is 0.465 e. The van der Waals surface area contributed by atoms with Crippen molar-refractivity contribution in [2.75, 3.05) is 7.11 Å². The molecule has 0 unspecified atom stereocenters. The van der Waals surface area contributed by atoms with Gasteiger partial charge in [0.1, 0.15) is 5.69 Å². The molecule has 4 aromatic rings. The van der Waals surface area contributed by atoms with Crippen molar-refractivity contribution in [3.05, 3.63) is 102 Å². The van der Waals surface area contributed by atoms with Gasteiger partial charge in [-0.2, -0.15) is 0 Å². The maximum Gasteiger partial charge on any atom is 0.338 e. The number of amides is 1. The maximum absolute atomic E-state index is 12.5. The monoisotopic (exact) mass is 412 g/mol. The second-order valence-electron chi connectivity index (χ2n) is 6.85. The Hall–Kier alpha value is -4.19. The van der Waals surface area contributed by atoms with Crippen molar-refractivity contribution in [1.82, 2.24) is 10.5 Å². The van der Waals surface area contributed by atoms with Crippen molar-refractivity contribution < 1.29 is 18.8 Å². The molecular weight excluding hydrogens is 392 g/mol. The highest BCUT2D eigenvalue weighted by Gasteiger charge is 2.17. The predicted molar refractivity (Wildman–Crippen MR) is 116 cm³/mol. The van der Waals surface area contributed by atoms with Gasteiger partial charge in [-0.3, -0.25) is 4.79 Å². The molecule has 0 atom stereocenters. The molecule has 4 rings (SSSR count). The Morgan fingerprint density at radius 2 is 1.45 bits per heavy atom. The van der Waals surface area contributed by atoms with Gasteiger partial charge in [0.15, 0.2) is 5.76 Å². The Balaban J connectivity index is 1.43. The number of esters is 1. The average Bonchev–Trinajstić information content (AvgIpc) is 3.32. The predicted octanol–water partition coefficient (Wildman–Crippen LogP) is 4.73. The van der Waals surface area contributed by atoms with Crippen molar-refractivity contribution in [3.63, 3.8) is 0 Å². The van der Waals surface area contributed by atoms with E-state index in [1.165, 1.54) is 7.11 Å². The summed E-state index contributed by atoms with van der Waals surface area (Å²) < 4.78 is 10.2. The highest BCUT2D eigenvalue weighted by molar-refractivity contribution is 6.05.